The summed E-state index contributed by atoms with van der Waals surface area (Å²) in [4.78, 5) is 16.8. The number of thiophene rings is 1. The van der Waals surface area contributed by atoms with Gasteiger partial charge in [-0.3, -0.25) is 4.79 Å². The highest BCUT2D eigenvalue weighted by Gasteiger charge is 2.26. The first-order chi connectivity index (χ1) is 13.7. The second-order valence-electron chi connectivity index (χ2n) is 5.71. The smallest absolute Gasteiger partial charge is 0.379 e. The van der Waals surface area contributed by atoms with Crippen LogP contribution in [0.25, 0.3) is 21.3 Å². The largest absolute Gasteiger partial charge is 0.466 e. The van der Waals surface area contributed by atoms with Crippen LogP contribution in [0.1, 0.15) is 12.6 Å². The molecule has 6 nitrogen and oxygen atoms in total. The van der Waals surface area contributed by atoms with Crippen LogP contribution in [0.15, 0.2) is 41.3 Å². The molecule has 0 atom stereocenters. The summed E-state index contributed by atoms with van der Waals surface area (Å²) in [6.07, 6.45) is 0.0693. The summed E-state index contributed by atoms with van der Waals surface area (Å²) < 4.78 is 63.8. The Kier molecular flexibility index (Phi) is 6.08. The van der Waals surface area contributed by atoms with Gasteiger partial charge in [0.05, 0.1) is 18.7 Å². The lowest BCUT2D eigenvalue weighted by atomic mass is 10.1. The predicted molar refractivity (Wildman–Crippen MR) is 100 cm³/mol. The maximum Gasteiger partial charge on any atom is 0.379 e. The van der Waals surface area contributed by atoms with Gasteiger partial charge in [-0.15, -0.1) is 0 Å². The zero-order chi connectivity index (χ0) is 21.2. The third-order valence-corrected chi connectivity index (χ3v) is 6.15. The molecule has 5 rings (SSSR count). The minimum atomic E-state index is -3.85. The molecule has 2 aromatic heterocycles. The Balaban J connectivity index is 0.000000552. The van der Waals surface area contributed by atoms with Crippen molar-refractivity contribution >= 4 is 37.6 Å². The van der Waals surface area contributed by atoms with Gasteiger partial charge in [-0.1, -0.05) is 23.5 Å². The number of rotatable bonds is 3. The van der Waals surface area contributed by atoms with Gasteiger partial charge in [-0.2, -0.15) is 21.6 Å². The Morgan fingerprint density at radius 2 is 1.83 bits per heavy atom. The molecule has 4 heterocycles. The molecule has 0 spiro atoms. The lowest BCUT2D eigenvalue weighted by Gasteiger charge is -2.12. The molecule has 0 radical (unpaired) electrons. The number of halogens is 3. The molecule has 1 aromatic carbocycles. The van der Waals surface area contributed by atoms with Gasteiger partial charge in [0, 0.05) is 10.9 Å². The Morgan fingerprint density at radius 3 is 2.45 bits per heavy atom. The number of alkyl halides is 3. The Bertz CT molecular complexity index is 1140. The van der Waals surface area contributed by atoms with Crippen molar-refractivity contribution in [2.75, 3.05) is 6.61 Å². The summed E-state index contributed by atoms with van der Waals surface area (Å²) in [5.74, 6) is -0.349. The summed E-state index contributed by atoms with van der Waals surface area (Å²) in [5.41, 5.74) is 2.13. The fraction of sp³-hybridized carbons (Fsp3) is 0.222. The maximum absolute atomic E-state index is 12.3. The van der Waals surface area contributed by atoms with E-state index in [4.69, 9.17) is 8.92 Å². The van der Waals surface area contributed by atoms with Crippen LogP contribution in [-0.4, -0.2) is 32.7 Å². The van der Waals surface area contributed by atoms with Gasteiger partial charge >= 0.3 is 22.8 Å². The van der Waals surface area contributed by atoms with Crippen molar-refractivity contribution in [3.05, 3.63) is 42.1 Å². The van der Waals surface area contributed by atoms with Crippen LogP contribution in [0, 0.1) is 0 Å². The summed E-state index contributed by atoms with van der Waals surface area (Å²) in [6.45, 7) is -1.60. The van der Waals surface area contributed by atoms with E-state index in [1.54, 1.807) is 25.1 Å². The molecule has 11 heteroatoms. The molecular formula is C18H14F3NO5S2. The van der Waals surface area contributed by atoms with Gasteiger partial charge in [0.15, 0.2) is 0 Å². The highest BCUT2D eigenvalue weighted by Crippen LogP contribution is 2.46. The first kappa shape index (κ1) is 21.1. The standard InChI is InChI=1S/C17H13NO5S2.CHF3/c1-2-22-14(19)9-11-5-8-13-15-10-3-6-12(7-4-10)25(20,21)23-17(15)24-16(13)18-11;2-1(3)4/h3-8H,2,9H2,1H3;1H. The highest BCUT2D eigenvalue weighted by atomic mass is 32.2. The molecule has 2 aliphatic heterocycles. The van der Waals surface area contributed by atoms with Gasteiger partial charge in [0.2, 0.25) is 5.06 Å². The third-order valence-electron chi connectivity index (χ3n) is 3.83. The van der Waals surface area contributed by atoms with Gasteiger partial charge < -0.3 is 8.92 Å². The van der Waals surface area contributed by atoms with Crippen LogP contribution < -0.4 is 4.18 Å². The van der Waals surface area contributed by atoms with Crippen molar-refractivity contribution in [1.29, 1.82) is 0 Å². The van der Waals surface area contributed by atoms with Gasteiger partial charge in [-0.05, 0) is 36.8 Å². The molecule has 0 aliphatic carbocycles. The Morgan fingerprint density at radius 1 is 1.17 bits per heavy atom. The number of pyridine rings is 1. The third kappa shape index (κ3) is 4.67. The number of hydrogen-bond acceptors (Lipinski definition) is 7. The van der Waals surface area contributed by atoms with E-state index in [0.717, 1.165) is 22.3 Å². The first-order valence-corrected chi connectivity index (χ1v) is 10.5. The SMILES string of the molecule is CCOC(=O)Cc1ccc2c3c(sc2n1)OS(=O)(=O)c1ccc-3cc1.FC(F)F. The summed E-state index contributed by atoms with van der Waals surface area (Å²) in [7, 11) is -3.85. The van der Waals surface area contributed by atoms with Crippen LogP contribution in [0.3, 0.4) is 0 Å². The van der Waals surface area contributed by atoms with E-state index in [1.165, 1.54) is 12.1 Å². The average molecular weight is 445 g/mol. The van der Waals surface area contributed by atoms with E-state index in [9.17, 15) is 26.4 Å². The predicted octanol–water partition coefficient (Wildman–Crippen LogP) is 4.33. The van der Waals surface area contributed by atoms with E-state index in [0.29, 0.717) is 22.7 Å². The number of ether oxygens (including phenoxy) is 1. The maximum atomic E-state index is 12.3. The van der Waals surface area contributed by atoms with Crippen molar-refractivity contribution < 1.29 is 35.3 Å². The van der Waals surface area contributed by atoms with Gasteiger partial charge in [-0.25, -0.2) is 4.98 Å². The van der Waals surface area contributed by atoms with Crippen molar-refractivity contribution in [3.63, 3.8) is 0 Å². The number of carbonyl (C=O) groups excluding carboxylic acids is 1. The molecule has 2 aliphatic rings. The van der Waals surface area contributed by atoms with Crippen LogP contribution in [0.4, 0.5) is 13.2 Å². The number of hydrogen-bond donors (Lipinski definition) is 0. The number of benzene rings is 1. The molecule has 0 amide bonds. The second kappa shape index (κ2) is 8.37. The quantitative estimate of drug-likeness (QED) is 0.441. The van der Waals surface area contributed by atoms with Crippen LogP contribution >= 0.6 is 11.3 Å². The zero-order valence-electron chi connectivity index (χ0n) is 14.9. The van der Waals surface area contributed by atoms with Crippen LogP contribution in [0.5, 0.6) is 5.06 Å². The number of esters is 1. The Hall–Kier alpha value is -2.66. The highest BCUT2D eigenvalue weighted by molar-refractivity contribution is 7.87. The summed E-state index contributed by atoms with van der Waals surface area (Å²) >= 11 is 1.15. The normalized spacial score (nSPS) is 13.7. The molecule has 29 heavy (non-hydrogen) atoms. The molecule has 0 fully saturated rings. The van der Waals surface area contributed by atoms with E-state index >= 15 is 0 Å². The first-order valence-electron chi connectivity index (χ1n) is 8.26. The number of nitrogens with zero attached hydrogens (tertiary/aromatic N) is 1. The van der Waals surface area contributed by atoms with Crippen LogP contribution in [-0.2, 0) is 26.1 Å². The van der Waals surface area contributed by atoms with E-state index in [1.807, 2.05) is 6.07 Å². The lowest BCUT2D eigenvalue weighted by Crippen LogP contribution is -2.10. The van der Waals surface area contributed by atoms with Gasteiger partial charge in [0.25, 0.3) is 0 Å². The topological polar surface area (TPSA) is 82.6 Å². The van der Waals surface area contributed by atoms with Gasteiger partial charge in [0.1, 0.15) is 9.73 Å². The molecule has 0 N–H and O–H groups in total. The fourth-order valence-corrected chi connectivity index (χ4v) is 4.92. The van der Waals surface area contributed by atoms with Crippen molar-refractivity contribution in [1.82, 2.24) is 4.98 Å². The molecule has 0 saturated heterocycles. The van der Waals surface area contributed by atoms with E-state index in [-0.39, 0.29) is 22.3 Å². The molecule has 3 aromatic rings. The molecule has 0 unspecified atom stereocenters. The van der Waals surface area contributed by atoms with E-state index in [2.05, 4.69) is 4.98 Å². The van der Waals surface area contributed by atoms with Crippen molar-refractivity contribution in [3.8, 4) is 16.2 Å². The monoisotopic (exact) mass is 445 g/mol. The average Bonchev–Trinajstić information content (AvgIpc) is 2.96. The Labute approximate surface area is 168 Å². The summed E-state index contributed by atoms with van der Waals surface area (Å²) in [5, 5.41) is 1.08. The zero-order valence-corrected chi connectivity index (χ0v) is 16.5. The van der Waals surface area contributed by atoms with Crippen LogP contribution in [0.2, 0.25) is 0 Å². The molecular weight excluding hydrogens is 431 g/mol. The molecule has 0 saturated carbocycles. The second-order valence-corrected chi connectivity index (χ2v) is 8.22. The number of carbonyl (C=O) groups is 1. The van der Waals surface area contributed by atoms with Crippen molar-refractivity contribution in [2.24, 2.45) is 0 Å². The molecule has 2 bridgehead atoms. The van der Waals surface area contributed by atoms with Crippen molar-refractivity contribution in [2.45, 2.75) is 24.9 Å². The molecule has 154 valence electrons. The number of aromatic nitrogens is 1. The van der Waals surface area contributed by atoms with E-state index < -0.39 is 16.8 Å². The lowest BCUT2D eigenvalue weighted by molar-refractivity contribution is -0.142. The minimum Gasteiger partial charge on any atom is -0.466 e. The minimum absolute atomic E-state index is 0.0693. The number of fused-ring (bicyclic) bond motifs is 4. The summed E-state index contributed by atoms with van der Waals surface area (Å²) in [6, 6.07) is 10.1. The fourth-order valence-electron chi connectivity index (χ4n) is 2.72.